The summed E-state index contributed by atoms with van der Waals surface area (Å²) in [6.45, 7) is 0. The Morgan fingerprint density at radius 3 is 2.79 bits per heavy atom. The average molecular weight is 271 g/mol. The summed E-state index contributed by atoms with van der Waals surface area (Å²) >= 11 is 4.92. The van der Waals surface area contributed by atoms with E-state index in [9.17, 15) is 9.59 Å². The lowest BCUT2D eigenvalue weighted by molar-refractivity contribution is -0.115. The SMILES string of the molecule is O=C1NC(=S)C/C1=C/c1coc2ccccc2c1=O. The zero-order valence-electron chi connectivity index (χ0n) is 9.80. The van der Waals surface area contributed by atoms with E-state index in [-0.39, 0.29) is 11.3 Å². The van der Waals surface area contributed by atoms with Crippen molar-refractivity contribution in [2.24, 2.45) is 0 Å². The van der Waals surface area contributed by atoms with Crippen molar-refractivity contribution >= 4 is 40.2 Å². The van der Waals surface area contributed by atoms with Gasteiger partial charge in [-0.1, -0.05) is 24.4 Å². The summed E-state index contributed by atoms with van der Waals surface area (Å²) in [7, 11) is 0. The number of para-hydroxylation sites is 1. The van der Waals surface area contributed by atoms with Crippen LogP contribution < -0.4 is 10.7 Å². The molecule has 2 heterocycles. The van der Waals surface area contributed by atoms with Gasteiger partial charge in [0.2, 0.25) is 0 Å². The van der Waals surface area contributed by atoms with Crippen LogP contribution >= 0.6 is 12.2 Å². The van der Waals surface area contributed by atoms with E-state index >= 15 is 0 Å². The molecule has 1 amide bonds. The number of thiocarbonyl (C=S) groups is 1. The van der Waals surface area contributed by atoms with Gasteiger partial charge in [0.15, 0.2) is 5.43 Å². The molecule has 0 saturated carbocycles. The van der Waals surface area contributed by atoms with E-state index in [1.54, 1.807) is 24.3 Å². The van der Waals surface area contributed by atoms with Crippen molar-refractivity contribution in [3.63, 3.8) is 0 Å². The quantitative estimate of drug-likeness (QED) is 0.637. The summed E-state index contributed by atoms with van der Waals surface area (Å²) in [5.41, 5.74) is 1.21. The molecule has 0 aliphatic carbocycles. The minimum atomic E-state index is -0.252. The van der Waals surface area contributed by atoms with E-state index < -0.39 is 0 Å². The van der Waals surface area contributed by atoms with E-state index in [4.69, 9.17) is 16.6 Å². The summed E-state index contributed by atoms with van der Waals surface area (Å²) in [5.74, 6) is -0.252. The van der Waals surface area contributed by atoms with Crippen molar-refractivity contribution < 1.29 is 9.21 Å². The van der Waals surface area contributed by atoms with Crippen molar-refractivity contribution in [3.05, 3.63) is 51.9 Å². The third-order valence-corrected chi connectivity index (χ3v) is 3.18. The molecule has 1 fully saturated rings. The second-order valence-corrected chi connectivity index (χ2v) is 4.73. The molecule has 3 rings (SSSR count). The van der Waals surface area contributed by atoms with E-state index in [1.165, 1.54) is 12.3 Å². The fraction of sp³-hybridized carbons (Fsp3) is 0.0714. The molecule has 19 heavy (non-hydrogen) atoms. The Bertz CT molecular complexity index is 789. The number of carbonyl (C=O) groups excluding carboxylic acids is 1. The predicted molar refractivity (Wildman–Crippen MR) is 75.8 cm³/mol. The van der Waals surface area contributed by atoms with Crippen molar-refractivity contribution in [2.75, 3.05) is 0 Å². The Balaban J connectivity index is 2.14. The Kier molecular flexibility index (Phi) is 2.76. The smallest absolute Gasteiger partial charge is 0.252 e. The molecule has 5 heteroatoms. The molecule has 2 aromatic rings. The highest BCUT2D eigenvalue weighted by Gasteiger charge is 2.21. The Morgan fingerprint density at radius 2 is 2.05 bits per heavy atom. The number of nitrogens with one attached hydrogen (secondary N) is 1. The van der Waals surface area contributed by atoms with Crippen LogP contribution in [0.1, 0.15) is 12.0 Å². The standard InChI is InChI=1S/C14H9NO3S/c16-13-9(5-8-6-12(19)15-14(8)17)7-18-11-4-2-1-3-10(11)13/h1-5,7H,6H2,(H,15,17,19)/b8-5-. The molecule has 1 N–H and O–H groups in total. The number of rotatable bonds is 1. The first-order valence-corrected chi connectivity index (χ1v) is 6.11. The Hall–Kier alpha value is -2.27. The number of amides is 1. The summed E-state index contributed by atoms with van der Waals surface area (Å²) in [5, 5.41) is 3.03. The maximum atomic E-state index is 12.2. The molecular formula is C14H9NO3S. The molecule has 1 aliphatic heterocycles. The summed E-state index contributed by atoms with van der Waals surface area (Å²) in [6.07, 6.45) is 3.26. The van der Waals surface area contributed by atoms with Gasteiger partial charge in [-0.25, -0.2) is 0 Å². The first-order chi connectivity index (χ1) is 9.15. The van der Waals surface area contributed by atoms with Crippen LogP contribution in [0.15, 0.2) is 45.3 Å². The van der Waals surface area contributed by atoms with Crippen LogP contribution in [0, 0.1) is 0 Å². The monoisotopic (exact) mass is 271 g/mol. The number of benzene rings is 1. The van der Waals surface area contributed by atoms with Crippen LogP contribution in [0.25, 0.3) is 17.0 Å². The molecule has 1 aromatic heterocycles. The first-order valence-electron chi connectivity index (χ1n) is 5.70. The lowest BCUT2D eigenvalue weighted by atomic mass is 10.1. The molecule has 0 radical (unpaired) electrons. The molecule has 1 aliphatic rings. The second-order valence-electron chi connectivity index (χ2n) is 4.24. The second kappa shape index (κ2) is 4.44. The molecule has 0 bridgehead atoms. The summed E-state index contributed by atoms with van der Waals surface area (Å²) in [4.78, 5) is 24.3. The highest BCUT2D eigenvalue weighted by molar-refractivity contribution is 7.80. The van der Waals surface area contributed by atoms with E-state index in [0.29, 0.717) is 33.5 Å². The van der Waals surface area contributed by atoms with Crippen LogP contribution in [0.3, 0.4) is 0 Å². The normalized spacial score (nSPS) is 17.2. The van der Waals surface area contributed by atoms with Crippen LogP contribution in [-0.2, 0) is 4.79 Å². The third-order valence-electron chi connectivity index (χ3n) is 2.93. The van der Waals surface area contributed by atoms with Crippen LogP contribution in [0.5, 0.6) is 0 Å². The van der Waals surface area contributed by atoms with Gasteiger partial charge in [0.25, 0.3) is 5.91 Å². The fourth-order valence-electron chi connectivity index (χ4n) is 2.00. The third kappa shape index (κ3) is 2.08. The molecule has 1 saturated heterocycles. The predicted octanol–water partition coefficient (Wildman–Crippen LogP) is 2.02. The number of fused-ring (bicyclic) bond motifs is 1. The maximum Gasteiger partial charge on any atom is 0.252 e. The van der Waals surface area contributed by atoms with Gasteiger partial charge in [0.1, 0.15) is 11.8 Å². The lowest BCUT2D eigenvalue weighted by Crippen LogP contribution is -2.18. The molecular weight excluding hydrogens is 262 g/mol. The van der Waals surface area contributed by atoms with Gasteiger partial charge in [0, 0.05) is 12.0 Å². The van der Waals surface area contributed by atoms with Crippen molar-refractivity contribution in [2.45, 2.75) is 6.42 Å². The van der Waals surface area contributed by atoms with Gasteiger partial charge in [-0.3, -0.25) is 9.59 Å². The largest absolute Gasteiger partial charge is 0.463 e. The van der Waals surface area contributed by atoms with Gasteiger partial charge in [-0.05, 0) is 18.2 Å². The minimum Gasteiger partial charge on any atom is -0.463 e. The van der Waals surface area contributed by atoms with Gasteiger partial charge >= 0.3 is 0 Å². The highest BCUT2D eigenvalue weighted by Crippen LogP contribution is 2.16. The van der Waals surface area contributed by atoms with Gasteiger partial charge < -0.3 is 9.73 Å². The number of hydrogen-bond donors (Lipinski definition) is 1. The summed E-state index contributed by atoms with van der Waals surface area (Å²) in [6, 6.07) is 6.99. The number of hydrogen-bond acceptors (Lipinski definition) is 4. The zero-order chi connectivity index (χ0) is 13.4. The average Bonchev–Trinajstić information content (AvgIpc) is 2.72. The van der Waals surface area contributed by atoms with Crippen molar-refractivity contribution in [1.29, 1.82) is 0 Å². The van der Waals surface area contributed by atoms with Crippen LogP contribution in [-0.4, -0.2) is 10.9 Å². The lowest BCUT2D eigenvalue weighted by Gasteiger charge is -1.98. The van der Waals surface area contributed by atoms with E-state index in [2.05, 4.69) is 5.32 Å². The Labute approximate surface area is 113 Å². The molecule has 0 unspecified atom stereocenters. The van der Waals surface area contributed by atoms with Gasteiger partial charge in [-0.2, -0.15) is 0 Å². The number of carbonyl (C=O) groups is 1. The molecule has 1 aromatic carbocycles. The molecule has 0 atom stereocenters. The summed E-state index contributed by atoms with van der Waals surface area (Å²) < 4.78 is 5.39. The van der Waals surface area contributed by atoms with Crippen LogP contribution in [0.2, 0.25) is 0 Å². The molecule has 4 nitrogen and oxygen atoms in total. The first kappa shape index (κ1) is 11.8. The van der Waals surface area contributed by atoms with Crippen molar-refractivity contribution in [3.8, 4) is 0 Å². The fourth-order valence-corrected chi connectivity index (χ4v) is 2.25. The highest BCUT2D eigenvalue weighted by atomic mass is 32.1. The maximum absolute atomic E-state index is 12.2. The molecule has 0 spiro atoms. The molecule has 94 valence electrons. The topological polar surface area (TPSA) is 59.3 Å². The minimum absolute atomic E-state index is 0.153. The zero-order valence-corrected chi connectivity index (χ0v) is 10.6. The van der Waals surface area contributed by atoms with Crippen molar-refractivity contribution in [1.82, 2.24) is 5.32 Å². The van der Waals surface area contributed by atoms with Crippen LogP contribution in [0.4, 0.5) is 0 Å². The van der Waals surface area contributed by atoms with Gasteiger partial charge in [0.05, 0.1) is 15.9 Å². The van der Waals surface area contributed by atoms with Gasteiger partial charge in [-0.15, -0.1) is 0 Å². The van der Waals surface area contributed by atoms with E-state index in [0.717, 1.165) is 0 Å². The Morgan fingerprint density at radius 1 is 1.26 bits per heavy atom. The van der Waals surface area contributed by atoms with E-state index in [1.807, 2.05) is 0 Å².